The minimum Gasteiger partial charge on any atom is -0.480 e. The van der Waals surface area contributed by atoms with E-state index in [9.17, 15) is 13.2 Å². The van der Waals surface area contributed by atoms with E-state index in [2.05, 4.69) is 0 Å². The van der Waals surface area contributed by atoms with E-state index in [-0.39, 0.29) is 13.1 Å². The summed E-state index contributed by atoms with van der Waals surface area (Å²) in [5, 5.41) is 13.2. The lowest BCUT2D eigenvalue weighted by Gasteiger charge is -2.45. The molecule has 0 amide bonds. The molecule has 0 bridgehead atoms. The summed E-state index contributed by atoms with van der Waals surface area (Å²) in [4.78, 5) is 10.2. The van der Waals surface area contributed by atoms with Gasteiger partial charge in [0.15, 0.2) is 0 Å². The summed E-state index contributed by atoms with van der Waals surface area (Å²) in [7, 11) is -3.67. The van der Waals surface area contributed by atoms with Gasteiger partial charge in [-0.1, -0.05) is 0 Å². The smallest absolute Gasteiger partial charge is 0.329 e. The summed E-state index contributed by atoms with van der Waals surface area (Å²) >= 11 is 0. The zero-order valence-corrected chi connectivity index (χ0v) is 8.45. The lowest BCUT2D eigenvalue weighted by Crippen LogP contribution is -2.64. The third-order valence-corrected chi connectivity index (χ3v) is 2.90. The molecule has 1 aliphatic rings. The van der Waals surface area contributed by atoms with Gasteiger partial charge in [-0.05, 0) is 6.92 Å². The first-order valence-electron chi connectivity index (χ1n) is 3.87. The molecule has 0 aromatic rings. The van der Waals surface area contributed by atoms with Crippen LogP contribution in [0.1, 0.15) is 6.92 Å². The van der Waals surface area contributed by atoms with Crippen LogP contribution in [0.5, 0.6) is 0 Å². The molecule has 8 heteroatoms. The van der Waals surface area contributed by atoms with Crippen molar-refractivity contribution in [3.8, 4) is 0 Å². The van der Waals surface area contributed by atoms with E-state index < -0.39 is 28.4 Å². The van der Waals surface area contributed by atoms with Gasteiger partial charge in [-0.25, -0.2) is 9.93 Å². The molecule has 0 spiro atoms. The highest BCUT2D eigenvalue weighted by atomic mass is 32.2. The van der Waals surface area contributed by atoms with E-state index in [1.54, 1.807) is 6.92 Å². The molecule has 7 nitrogen and oxygen atoms in total. The molecule has 14 heavy (non-hydrogen) atoms. The first kappa shape index (κ1) is 11.4. The molecule has 1 saturated heterocycles. The normalized spacial score (nSPS) is 21.6. The van der Waals surface area contributed by atoms with Gasteiger partial charge < -0.3 is 9.84 Å². The molecule has 1 fully saturated rings. The zero-order chi connectivity index (χ0) is 11.0. The van der Waals surface area contributed by atoms with E-state index in [0.717, 1.165) is 4.31 Å². The van der Waals surface area contributed by atoms with E-state index in [4.69, 9.17) is 15.0 Å². The molecule has 0 unspecified atom stereocenters. The second-order valence-electron chi connectivity index (χ2n) is 3.45. The van der Waals surface area contributed by atoms with Crippen molar-refractivity contribution in [1.82, 2.24) is 4.31 Å². The number of nitrogens with two attached hydrogens (primary N) is 1. The van der Waals surface area contributed by atoms with Gasteiger partial charge in [-0.3, -0.25) is 0 Å². The van der Waals surface area contributed by atoms with Crippen molar-refractivity contribution in [2.45, 2.75) is 12.5 Å². The maximum atomic E-state index is 10.8. The van der Waals surface area contributed by atoms with Crippen molar-refractivity contribution in [1.29, 1.82) is 0 Å². The molecule has 0 aromatic carbocycles. The quantitative estimate of drug-likeness (QED) is 0.595. The van der Waals surface area contributed by atoms with Crippen molar-refractivity contribution < 1.29 is 23.1 Å². The second-order valence-corrected chi connectivity index (χ2v) is 4.99. The number of hydrogen-bond acceptors (Lipinski definition) is 4. The van der Waals surface area contributed by atoms with Crippen LogP contribution in [0, 0.1) is 0 Å². The van der Waals surface area contributed by atoms with Crippen LogP contribution in [-0.2, 0) is 19.7 Å². The van der Waals surface area contributed by atoms with Gasteiger partial charge in [-0.15, -0.1) is 0 Å². The number of carboxylic acid groups (broad SMARTS) is 1. The highest BCUT2D eigenvalue weighted by Gasteiger charge is 2.44. The summed E-state index contributed by atoms with van der Waals surface area (Å²) in [5.74, 6) is -1.08. The fourth-order valence-corrected chi connectivity index (χ4v) is 2.11. The van der Waals surface area contributed by atoms with Crippen LogP contribution in [-0.4, -0.2) is 49.1 Å². The molecule has 1 rings (SSSR count). The van der Waals surface area contributed by atoms with Gasteiger partial charge in [0.05, 0.1) is 5.60 Å². The summed E-state index contributed by atoms with van der Waals surface area (Å²) in [5.41, 5.74) is -0.731. The standard InChI is InChI=1S/C6H12N2O5S/c1-6(13-2-5(9)10)3-8(4-6)14(7,11)12/h2-4H2,1H3,(H,9,10)(H2,7,11,12). The summed E-state index contributed by atoms with van der Waals surface area (Å²) in [6, 6.07) is 0. The molecule has 0 aromatic heterocycles. The predicted octanol–water partition coefficient (Wildman–Crippen LogP) is -1.63. The molecule has 3 N–H and O–H groups in total. The number of hydrogen-bond donors (Lipinski definition) is 2. The Kier molecular flexibility index (Phi) is 2.81. The zero-order valence-electron chi connectivity index (χ0n) is 7.63. The highest BCUT2D eigenvalue weighted by molar-refractivity contribution is 7.86. The van der Waals surface area contributed by atoms with Gasteiger partial charge in [0, 0.05) is 13.1 Å². The highest BCUT2D eigenvalue weighted by Crippen LogP contribution is 2.25. The molecule has 0 atom stereocenters. The lowest BCUT2D eigenvalue weighted by molar-refractivity contribution is -0.157. The summed E-state index contributed by atoms with van der Waals surface area (Å²) < 4.78 is 27.6. The van der Waals surface area contributed by atoms with Crippen LogP contribution < -0.4 is 5.14 Å². The summed E-state index contributed by atoms with van der Waals surface area (Å²) in [6.45, 7) is 1.39. The van der Waals surface area contributed by atoms with Gasteiger partial charge in [0.2, 0.25) is 0 Å². The molecule has 0 radical (unpaired) electrons. The van der Waals surface area contributed by atoms with Crippen molar-refractivity contribution in [3.63, 3.8) is 0 Å². The lowest BCUT2D eigenvalue weighted by atomic mass is 10.0. The average Bonchev–Trinajstić information content (AvgIpc) is 1.93. The number of carboxylic acids is 1. The largest absolute Gasteiger partial charge is 0.480 e. The van der Waals surface area contributed by atoms with Gasteiger partial charge >= 0.3 is 5.97 Å². The Morgan fingerprint density at radius 1 is 1.64 bits per heavy atom. The fraction of sp³-hybridized carbons (Fsp3) is 0.833. The van der Waals surface area contributed by atoms with Gasteiger partial charge in [0.25, 0.3) is 10.2 Å². The Labute approximate surface area is 81.6 Å². The third kappa shape index (κ3) is 2.64. The fourth-order valence-electron chi connectivity index (χ4n) is 1.21. The minimum absolute atomic E-state index is 0.0963. The maximum Gasteiger partial charge on any atom is 0.329 e. The summed E-state index contributed by atoms with van der Waals surface area (Å²) in [6.07, 6.45) is 0. The van der Waals surface area contributed by atoms with Gasteiger partial charge in [0.1, 0.15) is 6.61 Å². The molecule has 0 saturated carbocycles. The SMILES string of the molecule is CC1(OCC(=O)O)CN(S(N)(=O)=O)C1. The number of rotatable bonds is 4. The van der Waals surface area contributed by atoms with E-state index in [1.807, 2.05) is 0 Å². The molecule has 0 aliphatic carbocycles. The van der Waals surface area contributed by atoms with E-state index >= 15 is 0 Å². The van der Waals surface area contributed by atoms with Crippen LogP contribution >= 0.6 is 0 Å². The number of aliphatic carboxylic acids is 1. The molecule has 82 valence electrons. The maximum absolute atomic E-state index is 10.8. The Hall–Kier alpha value is -0.700. The third-order valence-electron chi connectivity index (χ3n) is 1.93. The van der Waals surface area contributed by atoms with Crippen LogP contribution in [0.3, 0.4) is 0 Å². The molecule has 1 aliphatic heterocycles. The Balaban J connectivity index is 2.42. The van der Waals surface area contributed by atoms with Crippen LogP contribution in [0.25, 0.3) is 0 Å². The molecular weight excluding hydrogens is 212 g/mol. The first-order chi connectivity index (χ1) is 6.23. The number of carbonyl (C=O) groups is 1. The molecular formula is C6H12N2O5S. The number of ether oxygens (including phenoxy) is 1. The van der Waals surface area contributed by atoms with E-state index in [0.29, 0.717) is 0 Å². The minimum atomic E-state index is -3.67. The van der Waals surface area contributed by atoms with Crippen LogP contribution in [0.4, 0.5) is 0 Å². The molecule has 1 heterocycles. The first-order valence-corrected chi connectivity index (χ1v) is 5.37. The second kappa shape index (κ2) is 3.46. The van der Waals surface area contributed by atoms with E-state index in [1.165, 1.54) is 0 Å². The van der Waals surface area contributed by atoms with Crippen LogP contribution in [0.15, 0.2) is 0 Å². The Bertz CT molecular complexity index is 332. The van der Waals surface area contributed by atoms with Crippen molar-refractivity contribution in [2.24, 2.45) is 5.14 Å². The Morgan fingerprint density at radius 3 is 2.50 bits per heavy atom. The topological polar surface area (TPSA) is 110 Å². The average molecular weight is 224 g/mol. The Morgan fingerprint density at radius 2 is 2.14 bits per heavy atom. The monoisotopic (exact) mass is 224 g/mol. The van der Waals surface area contributed by atoms with Gasteiger partial charge in [-0.2, -0.15) is 12.7 Å². The van der Waals surface area contributed by atoms with Crippen molar-refractivity contribution in [2.75, 3.05) is 19.7 Å². The van der Waals surface area contributed by atoms with Crippen molar-refractivity contribution >= 4 is 16.2 Å². The predicted molar refractivity (Wildman–Crippen MR) is 46.7 cm³/mol. The number of nitrogens with zero attached hydrogens (tertiary/aromatic N) is 1. The van der Waals surface area contributed by atoms with Crippen LogP contribution in [0.2, 0.25) is 0 Å². The van der Waals surface area contributed by atoms with Crippen molar-refractivity contribution in [3.05, 3.63) is 0 Å².